The molecule has 0 aromatic heterocycles. The number of carbonyl (C=O) groups excluding carboxylic acids is 1. The molecule has 0 aromatic rings. The van der Waals surface area contributed by atoms with Crippen LogP contribution in [0, 0.1) is 0 Å². The molecule has 1 heterocycles. The van der Waals surface area contributed by atoms with E-state index in [0.717, 1.165) is 6.54 Å². The molecule has 1 saturated heterocycles. The molecule has 6 nitrogen and oxygen atoms in total. The first-order valence-electron chi connectivity index (χ1n) is 5.09. The lowest BCUT2D eigenvalue weighted by molar-refractivity contribution is -0.140. The van der Waals surface area contributed by atoms with Gasteiger partial charge in [-0.25, -0.2) is 0 Å². The van der Waals surface area contributed by atoms with Gasteiger partial charge in [0.15, 0.2) is 0 Å². The molecule has 1 aliphatic rings. The van der Waals surface area contributed by atoms with Crippen LogP contribution in [0.3, 0.4) is 0 Å². The first-order chi connectivity index (χ1) is 7.15. The number of carboxylic acid groups (broad SMARTS) is 1. The van der Waals surface area contributed by atoms with Gasteiger partial charge in [0, 0.05) is 26.2 Å². The molecule has 0 radical (unpaired) electrons. The molecule has 0 saturated carbocycles. The van der Waals surface area contributed by atoms with Crippen LogP contribution >= 0.6 is 0 Å². The van der Waals surface area contributed by atoms with Crippen molar-refractivity contribution in [2.75, 3.05) is 32.7 Å². The van der Waals surface area contributed by atoms with E-state index in [9.17, 15) is 9.59 Å². The van der Waals surface area contributed by atoms with Crippen LogP contribution in [-0.2, 0) is 9.59 Å². The number of aliphatic carboxylic acids is 1. The molecule has 0 aromatic carbocycles. The highest BCUT2D eigenvalue weighted by Crippen LogP contribution is 2.02. The molecular formula is C9H17N3O3. The Bertz CT molecular complexity index is 245. The van der Waals surface area contributed by atoms with Gasteiger partial charge < -0.3 is 15.7 Å². The average molecular weight is 215 g/mol. The maximum atomic E-state index is 11.6. The number of hydrogen-bond acceptors (Lipinski definition) is 4. The summed E-state index contributed by atoms with van der Waals surface area (Å²) >= 11 is 0. The Hall–Kier alpha value is -1.14. The van der Waals surface area contributed by atoms with E-state index in [1.165, 1.54) is 0 Å². The van der Waals surface area contributed by atoms with Gasteiger partial charge in [-0.15, -0.1) is 0 Å². The molecule has 3 N–H and O–H groups in total. The molecule has 1 rings (SSSR count). The van der Waals surface area contributed by atoms with Gasteiger partial charge in [-0.1, -0.05) is 0 Å². The van der Waals surface area contributed by atoms with Crippen molar-refractivity contribution in [2.45, 2.75) is 13.0 Å². The topological polar surface area (TPSA) is 81.7 Å². The van der Waals surface area contributed by atoms with Crippen molar-refractivity contribution < 1.29 is 14.7 Å². The number of nitrogens with one attached hydrogen (secondary N) is 2. The Morgan fingerprint density at radius 3 is 2.93 bits per heavy atom. The van der Waals surface area contributed by atoms with Crippen molar-refractivity contribution in [1.82, 2.24) is 15.5 Å². The first-order valence-corrected chi connectivity index (χ1v) is 5.09. The monoisotopic (exact) mass is 215 g/mol. The van der Waals surface area contributed by atoms with Gasteiger partial charge in [0.25, 0.3) is 0 Å². The number of carboxylic acids is 1. The van der Waals surface area contributed by atoms with E-state index in [0.29, 0.717) is 19.6 Å². The summed E-state index contributed by atoms with van der Waals surface area (Å²) in [5, 5.41) is 14.5. The zero-order chi connectivity index (χ0) is 11.3. The summed E-state index contributed by atoms with van der Waals surface area (Å²) in [6.45, 7) is 4.16. The third-order valence-electron chi connectivity index (χ3n) is 2.35. The van der Waals surface area contributed by atoms with Crippen molar-refractivity contribution in [3.8, 4) is 0 Å². The van der Waals surface area contributed by atoms with Crippen LogP contribution in [0.5, 0.6) is 0 Å². The van der Waals surface area contributed by atoms with Crippen LogP contribution in [0.4, 0.5) is 0 Å². The molecule has 1 amide bonds. The SMILES string of the molecule is CCNC(=O)C1CNCCN1CC(=O)O. The normalized spacial score (nSPS) is 22.3. The summed E-state index contributed by atoms with van der Waals surface area (Å²) < 4.78 is 0. The lowest BCUT2D eigenvalue weighted by atomic mass is 10.1. The second-order valence-electron chi connectivity index (χ2n) is 3.48. The number of hydrogen-bond donors (Lipinski definition) is 3. The predicted molar refractivity (Wildman–Crippen MR) is 54.6 cm³/mol. The van der Waals surface area contributed by atoms with E-state index in [1.807, 2.05) is 6.92 Å². The van der Waals surface area contributed by atoms with Crippen LogP contribution in [0.2, 0.25) is 0 Å². The van der Waals surface area contributed by atoms with E-state index in [1.54, 1.807) is 4.90 Å². The highest BCUT2D eigenvalue weighted by Gasteiger charge is 2.29. The van der Waals surface area contributed by atoms with E-state index in [4.69, 9.17) is 5.11 Å². The van der Waals surface area contributed by atoms with Crippen molar-refractivity contribution in [3.05, 3.63) is 0 Å². The lowest BCUT2D eigenvalue weighted by Crippen LogP contribution is -2.58. The fraction of sp³-hybridized carbons (Fsp3) is 0.778. The summed E-state index contributed by atoms with van der Waals surface area (Å²) in [5.74, 6) is -1.00. The quantitative estimate of drug-likeness (QED) is 0.530. The second-order valence-corrected chi connectivity index (χ2v) is 3.48. The minimum absolute atomic E-state index is 0.0799. The molecule has 0 aliphatic carbocycles. The zero-order valence-electron chi connectivity index (χ0n) is 8.82. The maximum absolute atomic E-state index is 11.6. The van der Waals surface area contributed by atoms with Gasteiger partial charge in [-0.2, -0.15) is 0 Å². The third-order valence-corrected chi connectivity index (χ3v) is 2.35. The smallest absolute Gasteiger partial charge is 0.317 e. The minimum Gasteiger partial charge on any atom is -0.480 e. The number of amides is 1. The lowest BCUT2D eigenvalue weighted by Gasteiger charge is -2.33. The summed E-state index contributed by atoms with van der Waals surface area (Å²) in [4.78, 5) is 23.9. The first kappa shape index (κ1) is 11.9. The Labute approximate surface area is 88.6 Å². The maximum Gasteiger partial charge on any atom is 0.317 e. The Balaban J connectivity index is 2.56. The number of likely N-dealkylation sites (N-methyl/N-ethyl adjacent to an activating group) is 1. The molecule has 86 valence electrons. The number of nitrogens with zero attached hydrogens (tertiary/aromatic N) is 1. The van der Waals surface area contributed by atoms with Crippen LogP contribution in [0.15, 0.2) is 0 Å². The Morgan fingerprint density at radius 1 is 1.60 bits per heavy atom. The van der Waals surface area contributed by atoms with Gasteiger partial charge >= 0.3 is 5.97 Å². The Morgan fingerprint density at radius 2 is 2.33 bits per heavy atom. The standard InChI is InChI=1S/C9H17N3O3/c1-2-11-9(15)7-5-10-3-4-12(7)6-8(13)14/h7,10H,2-6H2,1H3,(H,11,15)(H,13,14). The molecule has 1 atom stereocenters. The molecule has 1 fully saturated rings. The Kier molecular flexibility index (Phi) is 4.51. The number of carbonyl (C=O) groups is 2. The molecule has 1 unspecified atom stereocenters. The molecule has 15 heavy (non-hydrogen) atoms. The molecule has 6 heteroatoms. The van der Waals surface area contributed by atoms with Gasteiger partial charge in [0.1, 0.15) is 6.04 Å². The minimum atomic E-state index is -0.897. The highest BCUT2D eigenvalue weighted by molar-refractivity contribution is 5.82. The predicted octanol–water partition coefficient (Wildman–Crippen LogP) is -1.52. The molecule has 1 aliphatic heterocycles. The van der Waals surface area contributed by atoms with Crippen LogP contribution in [0.1, 0.15) is 6.92 Å². The van der Waals surface area contributed by atoms with Gasteiger partial charge in [-0.05, 0) is 6.92 Å². The van der Waals surface area contributed by atoms with E-state index in [-0.39, 0.29) is 18.5 Å². The van der Waals surface area contributed by atoms with Crippen molar-refractivity contribution in [3.63, 3.8) is 0 Å². The van der Waals surface area contributed by atoms with Crippen molar-refractivity contribution >= 4 is 11.9 Å². The summed E-state index contributed by atoms with van der Waals surface area (Å²) in [6.07, 6.45) is 0. The largest absolute Gasteiger partial charge is 0.480 e. The number of piperazine rings is 1. The highest BCUT2D eigenvalue weighted by atomic mass is 16.4. The van der Waals surface area contributed by atoms with Crippen LogP contribution in [-0.4, -0.2) is 60.6 Å². The zero-order valence-corrected chi connectivity index (χ0v) is 8.82. The molecule has 0 bridgehead atoms. The van der Waals surface area contributed by atoms with Crippen molar-refractivity contribution in [2.24, 2.45) is 0 Å². The second kappa shape index (κ2) is 5.67. The third kappa shape index (κ3) is 3.49. The fourth-order valence-corrected chi connectivity index (χ4v) is 1.66. The van der Waals surface area contributed by atoms with Crippen LogP contribution in [0.25, 0.3) is 0 Å². The number of rotatable bonds is 4. The fourth-order valence-electron chi connectivity index (χ4n) is 1.66. The van der Waals surface area contributed by atoms with Crippen molar-refractivity contribution in [1.29, 1.82) is 0 Å². The van der Waals surface area contributed by atoms with Gasteiger partial charge in [-0.3, -0.25) is 14.5 Å². The molecular weight excluding hydrogens is 198 g/mol. The van der Waals surface area contributed by atoms with Gasteiger partial charge in [0.05, 0.1) is 6.54 Å². The van der Waals surface area contributed by atoms with E-state index < -0.39 is 5.97 Å². The van der Waals surface area contributed by atoms with Gasteiger partial charge in [0.2, 0.25) is 5.91 Å². The average Bonchev–Trinajstić information content (AvgIpc) is 2.18. The van der Waals surface area contributed by atoms with Crippen LogP contribution < -0.4 is 10.6 Å². The van der Waals surface area contributed by atoms with E-state index >= 15 is 0 Å². The summed E-state index contributed by atoms with van der Waals surface area (Å²) in [5.41, 5.74) is 0. The van der Waals surface area contributed by atoms with E-state index in [2.05, 4.69) is 10.6 Å². The summed E-state index contributed by atoms with van der Waals surface area (Å²) in [7, 11) is 0. The molecule has 0 spiro atoms. The summed E-state index contributed by atoms with van der Waals surface area (Å²) in [6, 6.07) is -0.366.